The van der Waals surface area contributed by atoms with E-state index in [1.165, 1.54) is 0 Å². The van der Waals surface area contributed by atoms with Gasteiger partial charge in [-0.25, -0.2) is 4.98 Å². The number of hydrogen-bond donors (Lipinski definition) is 1. The fourth-order valence-electron chi connectivity index (χ4n) is 3.81. The van der Waals surface area contributed by atoms with E-state index >= 15 is 0 Å². The Balaban J connectivity index is 1.47. The number of ether oxygens (including phenoxy) is 2. The Morgan fingerprint density at radius 1 is 1.24 bits per heavy atom. The highest BCUT2D eigenvalue weighted by Crippen LogP contribution is 2.32. The lowest BCUT2D eigenvalue weighted by Gasteiger charge is -2.40. The fraction of sp³-hybridized carbons (Fsp3) is 0.500. The van der Waals surface area contributed by atoms with Crippen LogP contribution < -0.4 is 19.8 Å². The number of thiazole rings is 1. The molecule has 0 saturated carbocycles. The summed E-state index contributed by atoms with van der Waals surface area (Å²) in [7, 11) is 7.40. The molecule has 4 rings (SSSR count). The van der Waals surface area contributed by atoms with Crippen LogP contribution in [-0.4, -0.2) is 68.1 Å². The highest BCUT2D eigenvalue weighted by Gasteiger charge is 2.39. The number of amidine groups is 1. The lowest BCUT2D eigenvalue weighted by atomic mass is 10.1. The van der Waals surface area contributed by atoms with Crippen molar-refractivity contribution >= 4 is 22.3 Å². The summed E-state index contributed by atoms with van der Waals surface area (Å²) in [5.74, 6) is 2.71. The van der Waals surface area contributed by atoms with E-state index in [9.17, 15) is 0 Å². The van der Waals surface area contributed by atoms with Gasteiger partial charge >= 0.3 is 0 Å². The van der Waals surface area contributed by atoms with Crippen molar-refractivity contribution in [3.05, 3.63) is 34.8 Å². The number of hydrogen-bond acceptors (Lipinski definition) is 9. The molecule has 2 aliphatic rings. The molecule has 1 aromatic carbocycles. The molecule has 1 N–H and O–H groups in total. The fourth-order valence-corrected chi connectivity index (χ4v) is 4.59. The first-order valence-corrected chi connectivity index (χ1v) is 10.6. The first kappa shape index (κ1) is 19.8. The molecule has 1 unspecified atom stereocenters. The Hall–Kier alpha value is -2.52. The van der Waals surface area contributed by atoms with Crippen LogP contribution in [0.25, 0.3) is 0 Å². The van der Waals surface area contributed by atoms with Gasteiger partial charge in [-0.3, -0.25) is 10.3 Å². The number of benzene rings is 1. The summed E-state index contributed by atoms with van der Waals surface area (Å²) in [5, 5.41) is 7.79. The molecule has 1 fully saturated rings. The number of piperazine rings is 1. The zero-order chi connectivity index (χ0) is 20.5. The Morgan fingerprint density at radius 2 is 2.07 bits per heavy atom. The minimum Gasteiger partial charge on any atom is -0.497 e. The Labute approximate surface area is 175 Å². The summed E-state index contributed by atoms with van der Waals surface area (Å²) in [4.78, 5) is 11.6. The molecule has 156 valence electrons. The van der Waals surface area contributed by atoms with Crippen molar-refractivity contribution in [1.82, 2.24) is 20.2 Å². The number of nitrogens with one attached hydrogen (secondary N) is 1. The van der Waals surface area contributed by atoms with Crippen LogP contribution in [0.2, 0.25) is 0 Å². The van der Waals surface area contributed by atoms with Crippen molar-refractivity contribution in [2.45, 2.75) is 25.7 Å². The quantitative estimate of drug-likeness (QED) is 0.775. The Bertz CT molecular complexity index is 899. The maximum atomic E-state index is 5.58. The third-order valence-electron chi connectivity index (χ3n) is 5.50. The number of anilines is 1. The van der Waals surface area contributed by atoms with Gasteiger partial charge in [0.1, 0.15) is 17.3 Å². The van der Waals surface area contributed by atoms with Gasteiger partial charge in [0.2, 0.25) is 0 Å². The first-order valence-electron chi connectivity index (χ1n) is 9.69. The molecule has 3 heterocycles. The molecule has 0 spiro atoms. The lowest BCUT2D eigenvalue weighted by molar-refractivity contribution is 0.155. The second-order valence-corrected chi connectivity index (χ2v) is 8.31. The summed E-state index contributed by atoms with van der Waals surface area (Å²) < 4.78 is 10.9. The van der Waals surface area contributed by atoms with Crippen LogP contribution in [0.15, 0.2) is 28.7 Å². The van der Waals surface area contributed by atoms with Gasteiger partial charge in [-0.05, 0) is 13.0 Å². The maximum absolute atomic E-state index is 5.58. The normalized spacial score (nSPS) is 21.4. The van der Waals surface area contributed by atoms with Crippen molar-refractivity contribution in [3.63, 3.8) is 0 Å². The number of nitrogens with zero attached hydrogens (tertiary/aromatic N) is 5. The minimum atomic E-state index is 0.00933. The van der Waals surface area contributed by atoms with Gasteiger partial charge in [0, 0.05) is 50.7 Å². The van der Waals surface area contributed by atoms with Gasteiger partial charge in [0.15, 0.2) is 11.3 Å². The van der Waals surface area contributed by atoms with Gasteiger partial charge in [-0.15, -0.1) is 11.3 Å². The van der Waals surface area contributed by atoms with Crippen molar-refractivity contribution in [2.75, 3.05) is 46.3 Å². The van der Waals surface area contributed by atoms with Gasteiger partial charge in [-0.1, -0.05) is 6.07 Å². The average Bonchev–Trinajstić information content (AvgIpc) is 3.37. The molecule has 2 atom stereocenters. The van der Waals surface area contributed by atoms with Crippen LogP contribution in [-0.2, 0) is 6.54 Å². The third-order valence-corrected chi connectivity index (χ3v) is 6.52. The van der Waals surface area contributed by atoms with E-state index in [2.05, 4.69) is 38.7 Å². The number of aromatic nitrogens is 1. The molecule has 9 heteroatoms. The van der Waals surface area contributed by atoms with Gasteiger partial charge in [0.05, 0.1) is 26.0 Å². The minimum absolute atomic E-state index is 0.00933. The maximum Gasteiger partial charge on any atom is 0.185 e. The average molecular weight is 417 g/mol. The molecule has 2 aromatic rings. The monoisotopic (exact) mass is 416 g/mol. The number of rotatable bonds is 6. The summed E-state index contributed by atoms with van der Waals surface area (Å²) >= 11 is 1.66. The summed E-state index contributed by atoms with van der Waals surface area (Å²) in [6.07, 6.45) is 0.00933. The van der Waals surface area contributed by atoms with Gasteiger partial charge in [0.25, 0.3) is 0 Å². The Kier molecular flexibility index (Phi) is 5.51. The van der Waals surface area contributed by atoms with E-state index in [1.807, 2.05) is 31.1 Å². The van der Waals surface area contributed by atoms with Crippen molar-refractivity contribution in [3.8, 4) is 11.5 Å². The second kappa shape index (κ2) is 8.08. The van der Waals surface area contributed by atoms with E-state index in [0.717, 1.165) is 53.4 Å². The molecule has 0 amide bonds. The summed E-state index contributed by atoms with van der Waals surface area (Å²) in [5.41, 5.74) is 5.46. The standard InChI is InChI=1S/C20H28N6O2S/c1-13-18-22-23-19(16-12-29-20(21-16)24(2)3)26(18)9-8-25(13)11-14-6-7-15(27-4)10-17(14)28-5/h6-7,10,12-13,19,23H,8-9,11H2,1-5H3/t13-,19?/m0/s1. The molecule has 0 aliphatic carbocycles. The lowest BCUT2D eigenvalue weighted by Crippen LogP contribution is -2.54. The van der Waals surface area contributed by atoms with Crippen LogP contribution in [0.3, 0.4) is 0 Å². The molecule has 0 radical (unpaired) electrons. The smallest absolute Gasteiger partial charge is 0.185 e. The number of hydrazone groups is 1. The highest BCUT2D eigenvalue weighted by atomic mass is 32.1. The third kappa shape index (κ3) is 3.72. The van der Waals surface area contributed by atoms with Gasteiger partial charge < -0.3 is 19.3 Å². The molecule has 1 aromatic heterocycles. The molecule has 1 saturated heterocycles. The summed E-state index contributed by atoms with van der Waals surface area (Å²) in [6, 6.07) is 6.19. The van der Waals surface area contributed by atoms with Crippen LogP contribution in [0.1, 0.15) is 24.3 Å². The topological polar surface area (TPSA) is 65.5 Å². The summed E-state index contributed by atoms with van der Waals surface area (Å²) in [6.45, 7) is 4.84. The molecular formula is C20H28N6O2S. The zero-order valence-corrected chi connectivity index (χ0v) is 18.4. The van der Waals surface area contributed by atoms with Crippen LogP contribution >= 0.6 is 11.3 Å². The van der Waals surface area contributed by atoms with Crippen molar-refractivity contribution < 1.29 is 9.47 Å². The van der Waals surface area contributed by atoms with E-state index in [1.54, 1.807) is 25.6 Å². The number of fused-ring (bicyclic) bond motifs is 1. The van der Waals surface area contributed by atoms with Gasteiger partial charge in [-0.2, -0.15) is 5.10 Å². The van der Waals surface area contributed by atoms with Crippen LogP contribution in [0.5, 0.6) is 11.5 Å². The van der Waals surface area contributed by atoms with E-state index in [-0.39, 0.29) is 12.2 Å². The van der Waals surface area contributed by atoms with Crippen molar-refractivity contribution in [1.29, 1.82) is 0 Å². The highest BCUT2D eigenvalue weighted by molar-refractivity contribution is 7.13. The SMILES string of the molecule is COc1ccc(CN2CCN3C(=NNC3c3csc(N(C)C)n3)[C@@H]2C)c(OC)c1. The Morgan fingerprint density at radius 3 is 2.76 bits per heavy atom. The number of methoxy groups -OCH3 is 2. The zero-order valence-electron chi connectivity index (χ0n) is 17.5. The molecule has 8 nitrogen and oxygen atoms in total. The molecule has 0 bridgehead atoms. The van der Waals surface area contributed by atoms with Crippen LogP contribution in [0.4, 0.5) is 5.13 Å². The predicted octanol–water partition coefficient (Wildman–Crippen LogP) is 2.35. The second-order valence-electron chi connectivity index (χ2n) is 7.47. The van der Waals surface area contributed by atoms with Crippen molar-refractivity contribution in [2.24, 2.45) is 5.10 Å². The molecular weight excluding hydrogens is 388 g/mol. The predicted molar refractivity (Wildman–Crippen MR) is 116 cm³/mol. The van der Waals surface area contributed by atoms with E-state index in [4.69, 9.17) is 14.5 Å². The van der Waals surface area contributed by atoms with Crippen LogP contribution in [0, 0.1) is 0 Å². The molecule has 2 aliphatic heterocycles. The van der Waals surface area contributed by atoms with E-state index in [0.29, 0.717) is 0 Å². The first-order chi connectivity index (χ1) is 14.0. The molecule has 29 heavy (non-hydrogen) atoms. The van der Waals surface area contributed by atoms with E-state index < -0.39 is 0 Å². The largest absolute Gasteiger partial charge is 0.497 e.